The first-order chi connectivity index (χ1) is 14.4. The van der Waals surface area contributed by atoms with E-state index in [2.05, 4.69) is 0 Å². The maximum atomic E-state index is 13.6. The van der Waals surface area contributed by atoms with Crippen molar-refractivity contribution in [3.8, 4) is 0 Å². The summed E-state index contributed by atoms with van der Waals surface area (Å²) in [5.41, 5.74) is 3.25. The predicted octanol–water partition coefficient (Wildman–Crippen LogP) is 2.83. The molecular weight excluding hydrogens is 398 g/mol. The summed E-state index contributed by atoms with van der Waals surface area (Å²) in [6.07, 6.45) is -5.25. The number of aryl methyl sites for hydroxylation is 2. The van der Waals surface area contributed by atoms with Crippen LogP contribution in [0.1, 0.15) is 34.8 Å². The summed E-state index contributed by atoms with van der Waals surface area (Å²) in [5.74, 6) is -1.98. The van der Waals surface area contributed by atoms with Gasteiger partial charge in [-0.05, 0) is 37.1 Å². The molecule has 2 fully saturated rings. The number of fused-ring (bicyclic) bond motifs is 1. The third-order valence-corrected chi connectivity index (χ3v) is 5.55. The quantitative estimate of drug-likeness (QED) is 0.789. The second-order valence-corrected chi connectivity index (χ2v) is 7.64. The lowest BCUT2D eigenvalue weighted by atomic mass is 9.99. The Bertz CT molecular complexity index is 905. The van der Waals surface area contributed by atoms with Crippen LogP contribution in [0.25, 0.3) is 0 Å². The molecule has 0 saturated carbocycles. The summed E-state index contributed by atoms with van der Waals surface area (Å²) < 4.78 is 50.4. The average Bonchev–Trinajstić information content (AvgIpc) is 2.75. The van der Waals surface area contributed by atoms with Gasteiger partial charge in [0.2, 0.25) is 0 Å². The molecule has 0 aromatic heterocycles. The van der Waals surface area contributed by atoms with Gasteiger partial charge in [-0.15, -0.1) is 0 Å². The average molecular weight is 422 g/mol. The summed E-state index contributed by atoms with van der Waals surface area (Å²) >= 11 is 0. The molecule has 0 bridgehead atoms. The molecule has 2 aliphatic rings. The molecule has 4 rings (SSSR count). The van der Waals surface area contributed by atoms with E-state index in [0.717, 1.165) is 28.8 Å². The molecule has 30 heavy (non-hydrogen) atoms. The molecule has 2 aromatic rings. The highest BCUT2D eigenvalue weighted by molar-refractivity contribution is 5.31. The van der Waals surface area contributed by atoms with Crippen molar-refractivity contribution in [2.24, 2.45) is 0 Å². The Morgan fingerprint density at radius 1 is 0.933 bits per heavy atom. The number of benzene rings is 2. The van der Waals surface area contributed by atoms with E-state index < -0.39 is 55.2 Å². The lowest BCUT2D eigenvalue weighted by Crippen LogP contribution is -2.58. The molecule has 0 aliphatic carbocycles. The first kappa shape index (κ1) is 21.3. The van der Waals surface area contributed by atoms with Crippen molar-refractivity contribution >= 4 is 0 Å². The number of hydrogen-bond acceptors (Lipinski definition) is 6. The van der Waals surface area contributed by atoms with E-state index in [1.807, 2.05) is 32.0 Å². The van der Waals surface area contributed by atoms with E-state index in [1.165, 1.54) is 6.07 Å². The van der Waals surface area contributed by atoms with Crippen molar-refractivity contribution in [2.45, 2.75) is 50.8 Å². The van der Waals surface area contributed by atoms with Crippen molar-refractivity contribution < 1.29 is 37.9 Å². The van der Waals surface area contributed by atoms with Crippen LogP contribution in [-0.4, -0.2) is 47.8 Å². The largest absolute Gasteiger partial charge is 0.394 e. The monoisotopic (exact) mass is 422 g/mol. The van der Waals surface area contributed by atoms with Gasteiger partial charge in [0.1, 0.15) is 24.4 Å². The molecular formula is C22H24F2O6. The zero-order chi connectivity index (χ0) is 21.4. The Labute approximate surface area is 172 Å². The van der Waals surface area contributed by atoms with Crippen molar-refractivity contribution in [3.63, 3.8) is 0 Å². The summed E-state index contributed by atoms with van der Waals surface area (Å²) in [5, 5.41) is 19.9. The van der Waals surface area contributed by atoms with Crippen LogP contribution < -0.4 is 0 Å². The number of aliphatic hydroxyl groups excluding tert-OH is 2. The van der Waals surface area contributed by atoms with E-state index >= 15 is 0 Å². The minimum absolute atomic E-state index is 0.0910. The molecule has 6 unspecified atom stereocenters. The Hall–Kier alpha value is -1.94. The Morgan fingerprint density at radius 3 is 2.37 bits per heavy atom. The number of ether oxygens (including phenoxy) is 4. The van der Waals surface area contributed by atoms with Gasteiger partial charge in [-0.2, -0.15) is 0 Å². The standard InChI is InChI=1S/C22H24F2O6/c1-11-3-4-13(7-12(11)2)22-28-18-10-27-21(14-5-6-15(23)16(24)8-14)30-20(18)19(29-22)17(26)9-25/h3-8,17-22,25-26H,9-10H2,1-2H3. The van der Waals surface area contributed by atoms with Gasteiger partial charge in [0.25, 0.3) is 0 Å². The van der Waals surface area contributed by atoms with Crippen LogP contribution in [0.15, 0.2) is 36.4 Å². The predicted molar refractivity (Wildman–Crippen MR) is 101 cm³/mol. The van der Waals surface area contributed by atoms with Crippen LogP contribution in [-0.2, 0) is 18.9 Å². The van der Waals surface area contributed by atoms with Crippen LogP contribution in [0.5, 0.6) is 0 Å². The van der Waals surface area contributed by atoms with Crippen molar-refractivity contribution in [3.05, 3.63) is 70.3 Å². The lowest BCUT2D eigenvalue weighted by Gasteiger charge is -2.47. The molecule has 0 radical (unpaired) electrons. The third kappa shape index (κ3) is 4.12. The molecule has 2 aliphatic heterocycles. The minimum Gasteiger partial charge on any atom is -0.394 e. The molecule has 8 heteroatoms. The zero-order valence-electron chi connectivity index (χ0n) is 16.6. The van der Waals surface area contributed by atoms with Gasteiger partial charge in [-0.3, -0.25) is 0 Å². The van der Waals surface area contributed by atoms with Crippen LogP contribution in [0, 0.1) is 25.5 Å². The maximum Gasteiger partial charge on any atom is 0.184 e. The lowest BCUT2D eigenvalue weighted by molar-refractivity contribution is -0.373. The molecule has 6 nitrogen and oxygen atoms in total. The number of halogens is 2. The summed E-state index contributed by atoms with van der Waals surface area (Å²) in [4.78, 5) is 0. The van der Waals surface area contributed by atoms with Gasteiger partial charge < -0.3 is 29.2 Å². The Balaban J connectivity index is 1.57. The van der Waals surface area contributed by atoms with Crippen LogP contribution >= 0.6 is 0 Å². The fourth-order valence-corrected chi connectivity index (χ4v) is 3.68. The smallest absolute Gasteiger partial charge is 0.184 e. The molecule has 2 saturated heterocycles. The molecule has 2 N–H and O–H groups in total. The highest BCUT2D eigenvalue weighted by Crippen LogP contribution is 2.39. The van der Waals surface area contributed by atoms with Crippen molar-refractivity contribution in [2.75, 3.05) is 13.2 Å². The van der Waals surface area contributed by atoms with E-state index in [1.54, 1.807) is 0 Å². The minimum atomic E-state index is -1.22. The highest BCUT2D eigenvalue weighted by Gasteiger charge is 2.48. The molecule has 0 amide bonds. The number of rotatable bonds is 4. The normalized spacial score (nSPS) is 30.0. The van der Waals surface area contributed by atoms with E-state index in [0.29, 0.717) is 5.56 Å². The molecule has 162 valence electrons. The van der Waals surface area contributed by atoms with Gasteiger partial charge in [-0.25, -0.2) is 8.78 Å². The first-order valence-electron chi connectivity index (χ1n) is 9.76. The summed E-state index contributed by atoms with van der Waals surface area (Å²) in [6.45, 7) is 3.53. The second-order valence-electron chi connectivity index (χ2n) is 7.64. The molecule has 6 atom stereocenters. The van der Waals surface area contributed by atoms with Crippen molar-refractivity contribution in [1.29, 1.82) is 0 Å². The fourth-order valence-electron chi connectivity index (χ4n) is 3.68. The van der Waals surface area contributed by atoms with Gasteiger partial charge in [0, 0.05) is 11.1 Å². The van der Waals surface area contributed by atoms with Crippen LogP contribution in [0.3, 0.4) is 0 Å². The Kier molecular flexibility index (Phi) is 6.15. The summed E-state index contributed by atoms with van der Waals surface area (Å²) in [6, 6.07) is 9.13. The van der Waals surface area contributed by atoms with Crippen LogP contribution in [0.4, 0.5) is 8.78 Å². The van der Waals surface area contributed by atoms with Gasteiger partial charge in [0.05, 0.1) is 13.2 Å². The van der Waals surface area contributed by atoms with Crippen molar-refractivity contribution in [1.82, 2.24) is 0 Å². The van der Waals surface area contributed by atoms with Gasteiger partial charge >= 0.3 is 0 Å². The zero-order valence-corrected chi connectivity index (χ0v) is 16.6. The Morgan fingerprint density at radius 2 is 1.67 bits per heavy atom. The fraction of sp³-hybridized carbons (Fsp3) is 0.455. The summed E-state index contributed by atoms with van der Waals surface area (Å²) in [7, 11) is 0. The SMILES string of the molecule is Cc1ccc(C2OC3COC(c4ccc(F)c(F)c4)OC3C(C(O)CO)O2)cc1C. The topological polar surface area (TPSA) is 77.4 Å². The van der Waals surface area contributed by atoms with Gasteiger partial charge in [0.15, 0.2) is 24.2 Å². The number of aliphatic hydroxyl groups is 2. The molecule has 2 aromatic carbocycles. The second kappa shape index (κ2) is 8.66. The number of hydrogen-bond donors (Lipinski definition) is 2. The third-order valence-electron chi connectivity index (χ3n) is 5.55. The van der Waals surface area contributed by atoms with Crippen LogP contribution in [0.2, 0.25) is 0 Å². The first-order valence-corrected chi connectivity index (χ1v) is 9.76. The van der Waals surface area contributed by atoms with E-state index in [4.69, 9.17) is 18.9 Å². The molecule has 2 heterocycles. The van der Waals surface area contributed by atoms with E-state index in [-0.39, 0.29) is 6.61 Å². The maximum absolute atomic E-state index is 13.6. The van der Waals surface area contributed by atoms with Gasteiger partial charge in [-0.1, -0.05) is 24.3 Å². The molecule has 0 spiro atoms. The highest BCUT2D eigenvalue weighted by atomic mass is 19.2. The van der Waals surface area contributed by atoms with E-state index in [9.17, 15) is 19.0 Å².